The number of carbonyl (C=O) groups is 4. The third kappa shape index (κ3) is 3.92. The first-order valence-electron chi connectivity index (χ1n) is 14.9. The molecular formula is C36H18N2O10S2. The van der Waals surface area contributed by atoms with E-state index in [4.69, 9.17) is 0 Å². The van der Waals surface area contributed by atoms with Crippen LogP contribution in [-0.4, -0.2) is 49.6 Å². The molecule has 2 aliphatic rings. The van der Waals surface area contributed by atoms with Gasteiger partial charge in [0.1, 0.15) is 0 Å². The molecule has 9 rings (SSSR count). The summed E-state index contributed by atoms with van der Waals surface area (Å²) in [4.78, 5) is 56.7. The Bertz CT molecular complexity index is 2670. The lowest BCUT2D eigenvalue weighted by Crippen LogP contribution is -2.40. The second-order valence-corrected chi connectivity index (χ2v) is 14.8. The van der Waals surface area contributed by atoms with Crippen LogP contribution in [0.3, 0.4) is 0 Å². The number of hydrogen-bond acceptors (Lipinski definition) is 8. The highest BCUT2D eigenvalue weighted by Gasteiger charge is 2.38. The number of fused-ring (bicyclic) bond motifs is 2. The lowest BCUT2D eigenvalue weighted by molar-refractivity contribution is 0.0877. The minimum atomic E-state index is -4.49. The number of amides is 4. The van der Waals surface area contributed by atoms with E-state index in [2.05, 4.69) is 0 Å². The summed E-state index contributed by atoms with van der Waals surface area (Å²) in [5.74, 6) is -2.49. The number of anilines is 2. The standard InChI is InChI=1S/C36H18N2O10S2/c39-33-25-13-9-21-23-11-15-27-32-28(36(42)38(35(27)41)18-3-7-20(8-4-18)50(46,47)48)16-12-24(30(23)32)22-10-14-26(31(25)29(21)22)34(40)37(33)17-1-5-19(6-2-17)49(43,44)45/h1-16H,(H,43,44,45)(H,46,47,48). The molecule has 12 nitrogen and oxygen atoms in total. The van der Waals surface area contributed by atoms with Gasteiger partial charge in [-0.3, -0.25) is 28.3 Å². The summed E-state index contributed by atoms with van der Waals surface area (Å²) in [6.45, 7) is 0. The Hall–Kier alpha value is -6.06. The number of nitrogens with zero attached hydrogens (tertiary/aromatic N) is 2. The highest BCUT2D eigenvalue weighted by molar-refractivity contribution is 7.86. The van der Waals surface area contributed by atoms with Gasteiger partial charge in [0.15, 0.2) is 0 Å². The lowest BCUT2D eigenvalue weighted by Gasteiger charge is -2.30. The number of carbonyl (C=O) groups excluding carboxylic acids is 4. The molecule has 244 valence electrons. The van der Waals surface area contributed by atoms with Crippen LogP contribution < -0.4 is 9.80 Å². The maximum absolute atomic E-state index is 13.9. The Labute approximate surface area is 281 Å². The van der Waals surface area contributed by atoms with Crippen molar-refractivity contribution in [3.63, 3.8) is 0 Å². The van der Waals surface area contributed by atoms with Crippen LogP contribution in [-0.2, 0) is 20.2 Å². The fraction of sp³-hybridized carbons (Fsp3) is 0. The van der Waals surface area contributed by atoms with E-state index in [-0.39, 0.29) is 43.4 Å². The van der Waals surface area contributed by atoms with Crippen LogP contribution in [0.25, 0.3) is 43.1 Å². The van der Waals surface area contributed by atoms with E-state index in [9.17, 15) is 45.1 Å². The summed E-state index contributed by atoms with van der Waals surface area (Å²) >= 11 is 0. The number of hydrogen-bond donors (Lipinski definition) is 2. The third-order valence-corrected chi connectivity index (χ3v) is 11.2. The Morgan fingerprint density at radius 2 is 0.620 bits per heavy atom. The zero-order valence-corrected chi connectivity index (χ0v) is 26.7. The summed E-state index contributed by atoms with van der Waals surface area (Å²) in [6, 6.07) is 22.9. The van der Waals surface area contributed by atoms with Gasteiger partial charge in [-0.1, -0.05) is 24.3 Å². The fourth-order valence-corrected chi connectivity index (χ4v) is 8.23. The Morgan fingerprint density at radius 3 is 0.860 bits per heavy atom. The molecule has 7 aromatic carbocycles. The minimum absolute atomic E-state index is 0.119. The highest BCUT2D eigenvalue weighted by atomic mass is 32.2. The van der Waals surface area contributed by atoms with Gasteiger partial charge in [-0.2, -0.15) is 16.8 Å². The van der Waals surface area contributed by atoms with Crippen molar-refractivity contribution >= 4 is 98.3 Å². The molecule has 0 atom stereocenters. The largest absolute Gasteiger partial charge is 0.294 e. The zero-order valence-electron chi connectivity index (χ0n) is 25.1. The van der Waals surface area contributed by atoms with Crippen molar-refractivity contribution in [2.45, 2.75) is 9.79 Å². The summed E-state index contributed by atoms with van der Waals surface area (Å²) < 4.78 is 64.9. The van der Waals surface area contributed by atoms with Gasteiger partial charge in [-0.25, -0.2) is 9.80 Å². The van der Waals surface area contributed by atoms with E-state index in [1.165, 1.54) is 24.3 Å². The molecule has 4 amide bonds. The van der Waals surface area contributed by atoms with E-state index in [0.717, 1.165) is 34.1 Å². The average molecular weight is 703 g/mol. The predicted molar refractivity (Wildman–Crippen MR) is 182 cm³/mol. The molecule has 2 heterocycles. The van der Waals surface area contributed by atoms with Crippen LogP contribution >= 0.6 is 0 Å². The Morgan fingerprint density at radius 1 is 0.360 bits per heavy atom. The smallest absolute Gasteiger partial charge is 0.282 e. The van der Waals surface area contributed by atoms with Crippen LogP contribution in [0.4, 0.5) is 11.4 Å². The van der Waals surface area contributed by atoms with Crippen molar-refractivity contribution in [2.24, 2.45) is 0 Å². The van der Waals surface area contributed by atoms with Crippen molar-refractivity contribution in [1.82, 2.24) is 0 Å². The Balaban J connectivity index is 1.23. The quantitative estimate of drug-likeness (QED) is 0.0979. The lowest BCUT2D eigenvalue weighted by atomic mass is 9.82. The van der Waals surface area contributed by atoms with E-state index in [0.29, 0.717) is 43.1 Å². The van der Waals surface area contributed by atoms with Gasteiger partial charge >= 0.3 is 0 Å². The summed E-state index contributed by atoms with van der Waals surface area (Å²) in [5.41, 5.74) is 1.22. The van der Waals surface area contributed by atoms with Crippen LogP contribution in [0.2, 0.25) is 0 Å². The average Bonchev–Trinajstić information content (AvgIpc) is 3.08. The topological polar surface area (TPSA) is 184 Å². The van der Waals surface area contributed by atoms with Crippen molar-refractivity contribution < 1.29 is 45.1 Å². The van der Waals surface area contributed by atoms with Crippen molar-refractivity contribution in [3.05, 3.63) is 119 Å². The molecule has 0 aliphatic carbocycles. The predicted octanol–water partition coefficient (Wildman–Crippen LogP) is 5.83. The number of imide groups is 2. The molecule has 2 N–H and O–H groups in total. The molecule has 0 fully saturated rings. The zero-order chi connectivity index (χ0) is 35.0. The van der Waals surface area contributed by atoms with Gasteiger partial charge in [0.2, 0.25) is 0 Å². The SMILES string of the molecule is O=C1c2ccc3c4ccc5c6c(ccc(c7ccc(c2c37)C(=O)N1c1ccc(S(=O)(=O)O)cc1)c64)C(=O)N(c1ccc(S(=O)(=O)O)cc1)C5=O. The van der Waals surface area contributed by atoms with Crippen molar-refractivity contribution in [3.8, 4) is 0 Å². The van der Waals surface area contributed by atoms with Crippen LogP contribution in [0.5, 0.6) is 0 Å². The van der Waals surface area contributed by atoms with Gasteiger partial charge in [0.25, 0.3) is 43.9 Å². The second-order valence-electron chi connectivity index (χ2n) is 12.0. The molecule has 0 bridgehead atoms. The van der Waals surface area contributed by atoms with Crippen molar-refractivity contribution in [2.75, 3.05) is 9.80 Å². The molecule has 50 heavy (non-hydrogen) atoms. The molecule has 0 spiro atoms. The first kappa shape index (κ1) is 30.0. The molecule has 7 aromatic rings. The van der Waals surface area contributed by atoms with E-state index >= 15 is 0 Å². The molecule has 0 radical (unpaired) electrons. The summed E-state index contributed by atoms with van der Waals surface area (Å²) in [5, 5.41) is 4.91. The first-order chi connectivity index (χ1) is 23.8. The maximum Gasteiger partial charge on any atom is 0.294 e. The third-order valence-electron chi connectivity index (χ3n) is 9.42. The second kappa shape index (κ2) is 9.77. The maximum atomic E-state index is 13.9. The molecule has 14 heteroatoms. The summed E-state index contributed by atoms with van der Waals surface area (Å²) in [7, 11) is -8.98. The minimum Gasteiger partial charge on any atom is -0.282 e. The molecule has 0 saturated carbocycles. The van der Waals surface area contributed by atoms with Gasteiger partial charge in [0, 0.05) is 33.0 Å². The molecule has 0 aromatic heterocycles. The Kier molecular flexibility index (Phi) is 5.87. The van der Waals surface area contributed by atoms with Gasteiger partial charge in [0.05, 0.1) is 21.2 Å². The normalized spacial score (nSPS) is 15.0. The first-order valence-corrected chi connectivity index (χ1v) is 17.8. The van der Waals surface area contributed by atoms with E-state index in [1.54, 1.807) is 48.5 Å². The monoisotopic (exact) mass is 702 g/mol. The molecule has 2 aliphatic heterocycles. The number of benzene rings is 7. The van der Waals surface area contributed by atoms with Gasteiger partial charge in [-0.15, -0.1) is 0 Å². The van der Waals surface area contributed by atoms with Gasteiger partial charge in [-0.05, 0) is 105 Å². The summed E-state index contributed by atoms with van der Waals surface area (Å²) in [6.07, 6.45) is 0. The van der Waals surface area contributed by atoms with Crippen molar-refractivity contribution in [1.29, 1.82) is 0 Å². The van der Waals surface area contributed by atoms with E-state index in [1.807, 2.05) is 0 Å². The van der Waals surface area contributed by atoms with Crippen LogP contribution in [0.1, 0.15) is 41.4 Å². The molecular weight excluding hydrogens is 685 g/mol. The number of rotatable bonds is 4. The molecule has 0 saturated heterocycles. The van der Waals surface area contributed by atoms with E-state index < -0.39 is 43.9 Å². The molecule has 0 unspecified atom stereocenters. The van der Waals surface area contributed by atoms with Gasteiger partial charge < -0.3 is 0 Å². The van der Waals surface area contributed by atoms with Crippen LogP contribution in [0, 0.1) is 0 Å². The fourth-order valence-electron chi connectivity index (χ4n) is 7.27. The highest BCUT2D eigenvalue weighted by Crippen LogP contribution is 2.47. The van der Waals surface area contributed by atoms with Crippen LogP contribution in [0.15, 0.2) is 107 Å².